The zero-order chi connectivity index (χ0) is 12.4. The second-order valence-electron chi connectivity index (χ2n) is 4.80. The molecule has 2 unspecified atom stereocenters. The van der Waals surface area contributed by atoms with Crippen molar-refractivity contribution in [2.45, 2.75) is 37.9 Å². The first kappa shape index (κ1) is 12.1. The number of rotatable bonds is 4. The first-order chi connectivity index (χ1) is 8.81. The lowest BCUT2D eigenvalue weighted by Crippen LogP contribution is -2.19. The normalized spacial score (nSPS) is 21.5. The lowest BCUT2D eigenvalue weighted by atomic mass is 10.1. The number of thiazole rings is 1. The number of fused-ring (bicyclic) bond motifs is 1. The van der Waals surface area contributed by atoms with E-state index in [-0.39, 0.29) is 12.2 Å². The quantitative estimate of drug-likeness (QED) is 0.922. The molecule has 96 valence electrons. The van der Waals surface area contributed by atoms with Gasteiger partial charge in [0, 0.05) is 13.0 Å². The summed E-state index contributed by atoms with van der Waals surface area (Å²) in [6, 6.07) is 8.10. The summed E-state index contributed by atoms with van der Waals surface area (Å²) in [5.41, 5.74) is 1.03. The van der Waals surface area contributed by atoms with Crippen molar-refractivity contribution in [1.82, 2.24) is 4.98 Å². The van der Waals surface area contributed by atoms with Crippen LogP contribution in [0.25, 0.3) is 10.2 Å². The number of aliphatic hydroxyl groups excluding tert-OH is 1. The van der Waals surface area contributed by atoms with Gasteiger partial charge in [-0.25, -0.2) is 4.98 Å². The summed E-state index contributed by atoms with van der Waals surface area (Å²) in [6.45, 7) is 0.846. The van der Waals surface area contributed by atoms with Gasteiger partial charge >= 0.3 is 0 Å². The van der Waals surface area contributed by atoms with Gasteiger partial charge < -0.3 is 9.84 Å². The van der Waals surface area contributed by atoms with Crippen LogP contribution in [-0.2, 0) is 11.2 Å². The molecule has 0 saturated carbocycles. The molecule has 2 aromatic rings. The number of aliphatic hydroxyl groups is 1. The second kappa shape index (κ2) is 5.34. The van der Waals surface area contributed by atoms with Crippen molar-refractivity contribution >= 4 is 21.6 Å². The summed E-state index contributed by atoms with van der Waals surface area (Å²) < 4.78 is 6.73. The predicted octanol–water partition coefficient (Wildman–Crippen LogP) is 2.77. The van der Waals surface area contributed by atoms with E-state index >= 15 is 0 Å². The van der Waals surface area contributed by atoms with Crippen molar-refractivity contribution in [3.05, 3.63) is 29.3 Å². The Bertz CT molecular complexity index is 486. The van der Waals surface area contributed by atoms with Crippen molar-refractivity contribution in [2.24, 2.45) is 0 Å². The molecule has 3 rings (SSSR count). The van der Waals surface area contributed by atoms with Gasteiger partial charge in [0.2, 0.25) is 0 Å². The SMILES string of the molecule is OC(Cc1nc2ccccc2s1)CC1CCCO1. The fraction of sp³-hybridized carbons (Fsp3) is 0.500. The number of hydrogen-bond acceptors (Lipinski definition) is 4. The molecule has 0 aliphatic carbocycles. The van der Waals surface area contributed by atoms with Gasteiger partial charge in [-0.3, -0.25) is 0 Å². The van der Waals surface area contributed by atoms with Gasteiger partial charge in [0.05, 0.1) is 27.4 Å². The fourth-order valence-electron chi connectivity index (χ4n) is 2.43. The second-order valence-corrected chi connectivity index (χ2v) is 5.92. The molecular formula is C14H17NO2S. The van der Waals surface area contributed by atoms with Crippen LogP contribution in [0.2, 0.25) is 0 Å². The molecule has 4 heteroatoms. The molecule has 0 radical (unpaired) electrons. The predicted molar refractivity (Wildman–Crippen MR) is 72.9 cm³/mol. The lowest BCUT2D eigenvalue weighted by molar-refractivity contribution is 0.0541. The highest BCUT2D eigenvalue weighted by Crippen LogP contribution is 2.24. The Kier molecular flexibility index (Phi) is 3.59. The van der Waals surface area contributed by atoms with Crippen molar-refractivity contribution in [3.63, 3.8) is 0 Å². The zero-order valence-electron chi connectivity index (χ0n) is 10.2. The molecule has 1 aliphatic heterocycles. The number of nitrogens with zero attached hydrogens (tertiary/aromatic N) is 1. The highest BCUT2D eigenvalue weighted by Gasteiger charge is 2.20. The summed E-state index contributed by atoms with van der Waals surface area (Å²) >= 11 is 1.67. The van der Waals surface area contributed by atoms with E-state index in [2.05, 4.69) is 11.1 Å². The first-order valence-corrected chi connectivity index (χ1v) is 7.27. The largest absolute Gasteiger partial charge is 0.393 e. The number of benzene rings is 1. The molecule has 2 atom stereocenters. The van der Waals surface area contributed by atoms with Crippen LogP contribution in [0.3, 0.4) is 0 Å². The van der Waals surface area contributed by atoms with Crippen LogP contribution in [0.4, 0.5) is 0 Å². The van der Waals surface area contributed by atoms with Crippen LogP contribution in [0, 0.1) is 0 Å². The van der Waals surface area contributed by atoms with Gasteiger partial charge in [-0.1, -0.05) is 12.1 Å². The van der Waals surface area contributed by atoms with Crippen LogP contribution >= 0.6 is 11.3 Å². The standard InChI is InChI=1S/C14H17NO2S/c16-10(8-11-4-3-7-17-11)9-14-15-12-5-1-2-6-13(12)18-14/h1-2,5-6,10-11,16H,3-4,7-9H2. The Labute approximate surface area is 110 Å². The molecule has 3 nitrogen and oxygen atoms in total. The van der Waals surface area contributed by atoms with Crippen LogP contribution in [-0.4, -0.2) is 28.9 Å². The van der Waals surface area contributed by atoms with Gasteiger partial charge in [-0.2, -0.15) is 0 Å². The zero-order valence-corrected chi connectivity index (χ0v) is 11.0. The summed E-state index contributed by atoms with van der Waals surface area (Å²) in [6.07, 6.45) is 3.48. The molecule has 2 heterocycles. The van der Waals surface area contributed by atoms with Crippen molar-refractivity contribution in [1.29, 1.82) is 0 Å². The minimum Gasteiger partial charge on any atom is -0.393 e. The average Bonchev–Trinajstić information content (AvgIpc) is 2.96. The van der Waals surface area contributed by atoms with Gasteiger partial charge in [-0.15, -0.1) is 11.3 Å². The third-order valence-corrected chi connectivity index (χ3v) is 4.37. The third-order valence-electron chi connectivity index (χ3n) is 3.31. The molecule has 0 spiro atoms. The Morgan fingerprint density at radius 1 is 1.44 bits per heavy atom. The summed E-state index contributed by atoms with van der Waals surface area (Å²) in [7, 11) is 0. The van der Waals surface area contributed by atoms with Gasteiger partial charge in [0.25, 0.3) is 0 Å². The van der Waals surface area contributed by atoms with Crippen LogP contribution in [0.5, 0.6) is 0 Å². The summed E-state index contributed by atoms with van der Waals surface area (Å²) in [5.74, 6) is 0. The molecule has 1 aromatic carbocycles. The van der Waals surface area contributed by atoms with Crippen molar-refractivity contribution < 1.29 is 9.84 Å². The molecular weight excluding hydrogens is 246 g/mol. The Morgan fingerprint density at radius 3 is 3.11 bits per heavy atom. The third kappa shape index (κ3) is 2.71. The maximum atomic E-state index is 10.1. The van der Waals surface area contributed by atoms with E-state index in [0.717, 1.165) is 36.4 Å². The fourth-order valence-corrected chi connectivity index (χ4v) is 3.46. The van der Waals surface area contributed by atoms with E-state index in [1.165, 1.54) is 4.70 Å². The van der Waals surface area contributed by atoms with E-state index in [9.17, 15) is 5.11 Å². The van der Waals surface area contributed by atoms with Crippen LogP contribution in [0.15, 0.2) is 24.3 Å². The van der Waals surface area contributed by atoms with Crippen LogP contribution in [0.1, 0.15) is 24.3 Å². The Morgan fingerprint density at radius 2 is 2.33 bits per heavy atom. The molecule has 1 aromatic heterocycles. The van der Waals surface area contributed by atoms with Gasteiger partial charge in [-0.05, 0) is 31.4 Å². The minimum absolute atomic E-state index is 0.245. The smallest absolute Gasteiger partial charge is 0.0964 e. The van der Waals surface area contributed by atoms with Gasteiger partial charge in [0.1, 0.15) is 0 Å². The van der Waals surface area contributed by atoms with E-state index in [4.69, 9.17) is 4.74 Å². The molecule has 1 saturated heterocycles. The monoisotopic (exact) mass is 263 g/mol. The molecule has 1 N–H and O–H groups in total. The topological polar surface area (TPSA) is 42.4 Å². The first-order valence-electron chi connectivity index (χ1n) is 6.45. The Balaban J connectivity index is 1.64. The summed E-state index contributed by atoms with van der Waals surface area (Å²) in [4.78, 5) is 4.54. The number of ether oxygens (including phenoxy) is 1. The van der Waals surface area contributed by atoms with Gasteiger partial charge in [0.15, 0.2) is 0 Å². The van der Waals surface area contributed by atoms with Crippen LogP contribution < -0.4 is 0 Å². The number of para-hydroxylation sites is 1. The lowest BCUT2D eigenvalue weighted by Gasteiger charge is -2.13. The molecule has 18 heavy (non-hydrogen) atoms. The maximum absolute atomic E-state index is 10.1. The van der Waals surface area contributed by atoms with E-state index < -0.39 is 0 Å². The summed E-state index contributed by atoms with van der Waals surface area (Å²) in [5, 5.41) is 11.1. The van der Waals surface area contributed by atoms with E-state index in [1.807, 2.05) is 18.2 Å². The Hall–Kier alpha value is -0.970. The molecule has 1 fully saturated rings. The highest BCUT2D eigenvalue weighted by molar-refractivity contribution is 7.18. The van der Waals surface area contributed by atoms with E-state index in [1.54, 1.807) is 11.3 Å². The number of hydrogen-bond donors (Lipinski definition) is 1. The van der Waals surface area contributed by atoms with Crippen molar-refractivity contribution in [2.75, 3.05) is 6.61 Å². The maximum Gasteiger partial charge on any atom is 0.0964 e. The molecule has 1 aliphatic rings. The molecule has 0 bridgehead atoms. The average molecular weight is 263 g/mol. The number of aromatic nitrogens is 1. The van der Waals surface area contributed by atoms with E-state index in [0.29, 0.717) is 6.42 Å². The molecule has 0 amide bonds. The highest BCUT2D eigenvalue weighted by atomic mass is 32.1. The van der Waals surface area contributed by atoms with Crippen molar-refractivity contribution in [3.8, 4) is 0 Å². The minimum atomic E-state index is -0.339.